The predicted octanol–water partition coefficient (Wildman–Crippen LogP) is 2.79. The van der Waals surface area contributed by atoms with Gasteiger partial charge in [0.25, 0.3) is 0 Å². The summed E-state index contributed by atoms with van der Waals surface area (Å²) in [7, 11) is 1.67. The first-order valence-electron chi connectivity index (χ1n) is 7.77. The third kappa shape index (κ3) is 4.91. The summed E-state index contributed by atoms with van der Waals surface area (Å²) in [5.41, 5.74) is 9.33. The van der Waals surface area contributed by atoms with E-state index in [2.05, 4.69) is 5.32 Å². The van der Waals surface area contributed by atoms with Crippen LogP contribution in [-0.2, 0) is 22.7 Å². The molecule has 0 heterocycles. The summed E-state index contributed by atoms with van der Waals surface area (Å²) >= 11 is 0. The Bertz CT molecular complexity index is 611. The molecule has 0 spiro atoms. The van der Waals surface area contributed by atoms with Crippen LogP contribution in [0.2, 0.25) is 0 Å². The molecule has 0 bridgehead atoms. The van der Waals surface area contributed by atoms with Crippen LogP contribution in [0.3, 0.4) is 0 Å². The van der Waals surface area contributed by atoms with Gasteiger partial charge in [0.1, 0.15) is 0 Å². The highest BCUT2D eigenvalue weighted by Crippen LogP contribution is 2.19. The van der Waals surface area contributed by atoms with Gasteiger partial charge in [0.05, 0.1) is 12.5 Å². The molecular weight excluding hydrogens is 288 g/mol. The quantitative estimate of drug-likeness (QED) is 0.826. The summed E-state index contributed by atoms with van der Waals surface area (Å²) in [4.78, 5) is 12.3. The smallest absolute Gasteiger partial charge is 0.225 e. The Kier molecular flexibility index (Phi) is 6.32. The number of amides is 1. The molecule has 0 aliphatic heterocycles. The van der Waals surface area contributed by atoms with Crippen molar-refractivity contribution in [1.29, 1.82) is 0 Å². The van der Waals surface area contributed by atoms with Crippen molar-refractivity contribution in [3.8, 4) is 0 Å². The number of nitrogens with two attached hydrogens (primary N) is 1. The van der Waals surface area contributed by atoms with Crippen LogP contribution in [0, 0.1) is 5.92 Å². The van der Waals surface area contributed by atoms with E-state index in [4.69, 9.17) is 10.5 Å². The van der Waals surface area contributed by atoms with Gasteiger partial charge in [-0.3, -0.25) is 4.79 Å². The topological polar surface area (TPSA) is 64.3 Å². The lowest BCUT2D eigenvalue weighted by atomic mass is 9.94. The summed E-state index contributed by atoms with van der Waals surface area (Å²) in [5, 5.41) is 2.95. The van der Waals surface area contributed by atoms with E-state index < -0.39 is 0 Å². The van der Waals surface area contributed by atoms with Crippen LogP contribution < -0.4 is 11.1 Å². The summed E-state index contributed by atoms with van der Waals surface area (Å²) < 4.78 is 5.08. The third-order valence-electron chi connectivity index (χ3n) is 3.94. The van der Waals surface area contributed by atoms with Crippen LogP contribution in [-0.4, -0.2) is 13.0 Å². The summed E-state index contributed by atoms with van der Waals surface area (Å²) in [6, 6.07) is 17.4. The second-order valence-electron chi connectivity index (χ2n) is 5.69. The molecule has 2 unspecified atom stereocenters. The number of benzene rings is 2. The van der Waals surface area contributed by atoms with Gasteiger partial charge in [0.2, 0.25) is 5.91 Å². The molecule has 1 amide bonds. The maximum atomic E-state index is 12.3. The Morgan fingerprint density at radius 2 is 1.70 bits per heavy atom. The molecule has 0 saturated carbocycles. The van der Waals surface area contributed by atoms with E-state index in [-0.39, 0.29) is 17.9 Å². The van der Waals surface area contributed by atoms with E-state index in [1.54, 1.807) is 7.11 Å². The molecular formula is C19H24N2O2. The lowest BCUT2D eigenvalue weighted by Crippen LogP contribution is -2.35. The lowest BCUT2D eigenvalue weighted by molar-refractivity contribution is -0.125. The number of carbonyl (C=O) groups is 1. The van der Waals surface area contributed by atoms with E-state index in [9.17, 15) is 4.79 Å². The Morgan fingerprint density at radius 1 is 1.09 bits per heavy atom. The molecule has 0 aliphatic carbocycles. The lowest BCUT2D eigenvalue weighted by Gasteiger charge is -2.20. The number of hydrogen-bond acceptors (Lipinski definition) is 3. The minimum Gasteiger partial charge on any atom is -0.380 e. The fraction of sp³-hybridized carbons (Fsp3) is 0.316. The second-order valence-corrected chi connectivity index (χ2v) is 5.69. The van der Waals surface area contributed by atoms with Crippen LogP contribution in [0.4, 0.5) is 0 Å². The Balaban J connectivity index is 1.88. The zero-order valence-electron chi connectivity index (χ0n) is 13.7. The maximum absolute atomic E-state index is 12.3. The van der Waals surface area contributed by atoms with Gasteiger partial charge in [-0.1, -0.05) is 61.5 Å². The van der Waals surface area contributed by atoms with Crippen LogP contribution >= 0.6 is 0 Å². The van der Waals surface area contributed by atoms with Crippen LogP contribution in [0.15, 0.2) is 54.6 Å². The van der Waals surface area contributed by atoms with Crippen LogP contribution in [0.5, 0.6) is 0 Å². The monoisotopic (exact) mass is 312 g/mol. The van der Waals surface area contributed by atoms with Gasteiger partial charge in [-0.05, 0) is 16.7 Å². The largest absolute Gasteiger partial charge is 0.380 e. The molecule has 0 radical (unpaired) electrons. The minimum atomic E-state index is -0.305. The minimum absolute atomic E-state index is 0.0395. The first-order valence-corrected chi connectivity index (χ1v) is 7.77. The molecule has 23 heavy (non-hydrogen) atoms. The maximum Gasteiger partial charge on any atom is 0.225 e. The number of hydrogen-bond donors (Lipinski definition) is 2. The fourth-order valence-corrected chi connectivity index (χ4v) is 2.40. The number of rotatable bonds is 7. The first kappa shape index (κ1) is 17.2. The van der Waals surface area contributed by atoms with Gasteiger partial charge in [-0.15, -0.1) is 0 Å². The molecule has 0 saturated heterocycles. The normalized spacial score (nSPS) is 13.3. The summed E-state index contributed by atoms with van der Waals surface area (Å²) in [6.45, 7) is 2.95. The van der Waals surface area contributed by atoms with E-state index >= 15 is 0 Å². The SMILES string of the molecule is COCc1ccc(CNC(=O)C(C)C(N)c2ccccc2)cc1. The second kappa shape index (κ2) is 8.46. The summed E-state index contributed by atoms with van der Waals surface area (Å²) in [5.74, 6) is -0.326. The molecule has 4 heteroatoms. The number of methoxy groups -OCH3 is 1. The average molecular weight is 312 g/mol. The van der Waals surface area contributed by atoms with Crippen LogP contribution in [0.1, 0.15) is 29.7 Å². The van der Waals surface area contributed by atoms with Crippen molar-refractivity contribution in [2.45, 2.75) is 26.1 Å². The molecule has 4 nitrogen and oxygen atoms in total. The zero-order valence-corrected chi connectivity index (χ0v) is 13.7. The molecule has 2 aromatic carbocycles. The average Bonchev–Trinajstić information content (AvgIpc) is 2.60. The van der Waals surface area contributed by atoms with Crippen molar-refractivity contribution in [2.75, 3.05) is 7.11 Å². The molecule has 2 rings (SSSR count). The van der Waals surface area contributed by atoms with Crippen molar-refractivity contribution in [3.05, 3.63) is 71.3 Å². The molecule has 2 aromatic rings. The Morgan fingerprint density at radius 3 is 2.30 bits per heavy atom. The number of ether oxygens (including phenoxy) is 1. The third-order valence-corrected chi connectivity index (χ3v) is 3.94. The van der Waals surface area contributed by atoms with Gasteiger partial charge < -0.3 is 15.8 Å². The van der Waals surface area contributed by atoms with Crippen molar-refractivity contribution in [2.24, 2.45) is 11.7 Å². The Labute approximate surface area is 137 Å². The highest BCUT2D eigenvalue weighted by Gasteiger charge is 2.21. The van der Waals surface area contributed by atoms with Gasteiger partial charge in [0.15, 0.2) is 0 Å². The highest BCUT2D eigenvalue weighted by atomic mass is 16.5. The Hall–Kier alpha value is -2.17. The zero-order chi connectivity index (χ0) is 16.7. The van der Waals surface area contributed by atoms with Crippen molar-refractivity contribution < 1.29 is 9.53 Å². The molecule has 3 N–H and O–H groups in total. The van der Waals surface area contributed by atoms with Gasteiger partial charge in [-0.2, -0.15) is 0 Å². The number of carbonyl (C=O) groups excluding carboxylic acids is 1. The van der Waals surface area contributed by atoms with Crippen molar-refractivity contribution in [3.63, 3.8) is 0 Å². The van der Waals surface area contributed by atoms with Crippen LogP contribution in [0.25, 0.3) is 0 Å². The predicted molar refractivity (Wildman–Crippen MR) is 91.5 cm³/mol. The molecule has 0 aliphatic rings. The highest BCUT2D eigenvalue weighted by molar-refractivity contribution is 5.79. The van der Waals surface area contributed by atoms with Gasteiger partial charge in [0, 0.05) is 19.7 Å². The number of nitrogens with one attached hydrogen (secondary N) is 1. The van der Waals surface area contributed by atoms with Gasteiger partial charge >= 0.3 is 0 Å². The molecule has 122 valence electrons. The van der Waals surface area contributed by atoms with E-state index in [1.807, 2.05) is 61.5 Å². The molecule has 2 atom stereocenters. The first-order chi connectivity index (χ1) is 11.1. The van der Waals surface area contributed by atoms with Gasteiger partial charge in [-0.25, -0.2) is 0 Å². The fourth-order valence-electron chi connectivity index (χ4n) is 2.40. The molecule has 0 aromatic heterocycles. The van der Waals surface area contributed by atoms with E-state index in [0.717, 1.165) is 16.7 Å². The van der Waals surface area contributed by atoms with Crippen molar-refractivity contribution >= 4 is 5.91 Å². The van der Waals surface area contributed by atoms with E-state index in [0.29, 0.717) is 13.2 Å². The van der Waals surface area contributed by atoms with Crippen molar-refractivity contribution in [1.82, 2.24) is 5.32 Å². The van der Waals surface area contributed by atoms with E-state index in [1.165, 1.54) is 0 Å². The summed E-state index contributed by atoms with van der Waals surface area (Å²) in [6.07, 6.45) is 0. The standard InChI is InChI=1S/C19H24N2O2/c1-14(18(20)17-6-4-3-5-7-17)19(22)21-12-15-8-10-16(11-9-15)13-23-2/h3-11,14,18H,12-13,20H2,1-2H3,(H,21,22). The molecule has 0 fully saturated rings.